The number of benzene rings is 2. The van der Waals surface area contributed by atoms with Crippen molar-refractivity contribution in [2.24, 2.45) is 0 Å². The van der Waals surface area contributed by atoms with Crippen molar-refractivity contribution < 1.29 is 4.79 Å². The van der Waals surface area contributed by atoms with Crippen molar-refractivity contribution in [1.82, 2.24) is 15.1 Å². The zero-order chi connectivity index (χ0) is 20.7. The first-order valence-corrected chi connectivity index (χ1v) is 10.7. The number of H-pyrrole nitrogens is 1. The summed E-state index contributed by atoms with van der Waals surface area (Å²) in [5.74, 6) is -0.000404. The molecule has 2 aromatic carbocycles. The van der Waals surface area contributed by atoms with Crippen LogP contribution in [0.1, 0.15) is 46.4 Å². The van der Waals surface area contributed by atoms with Crippen LogP contribution >= 0.6 is 11.6 Å². The SMILES string of the molecule is N#Cc1ccccc1-c1ccc(C(=O)N(C2CC2)C2CCc3[nH]ncc3C2)c(Cl)c1. The van der Waals surface area contributed by atoms with Crippen molar-refractivity contribution in [2.45, 2.75) is 44.2 Å². The Morgan fingerprint density at radius 2 is 2.00 bits per heavy atom. The van der Waals surface area contributed by atoms with E-state index in [1.54, 1.807) is 18.2 Å². The van der Waals surface area contributed by atoms with Gasteiger partial charge in [0.1, 0.15) is 0 Å². The summed E-state index contributed by atoms with van der Waals surface area (Å²) in [5.41, 5.74) is 5.17. The number of fused-ring (bicyclic) bond motifs is 1. The Bertz CT molecular complexity index is 1160. The minimum absolute atomic E-state index is 0.000404. The van der Waals surface area contributed by atoms with Crippen LogP contribution in [0.15, 0.2) is 48.7 Å². The number of aryl methyl sites for hydroxylation is 1. The average Bonchev–Trinajstić information content (AvgIpc) is 3.49. The maximum atomic E-state index is 13.5. The summed E-state index contributed by atoms with van der Waals surface area (Å²) in [7, 11) is 0. The lowest BCUT2D eigenvalue weighted by atomic mass is 9.91. The van der Waals surface area contributed by atoms with Gasteiger partial charge in [-0.05, 0) is 67.0 Å². The van der Waals surface area contributed by atoms with Crippen molar-refractivity contribution in [1.29, 1.82) is 5.26 Å². The summed E-state index contributed by atoms with van der Waals surface area (Å²) in [6.45, 7) is 0. The second kappa shape index (κ2) is 7.62. The largest absolute Gasteiger partial charge is 0.332 e. The predicted molar refractivity (Wildman–Crippen MR) is 115 cm³/mol. The second-order valence-corrected chi connectivity index (χ2v) is 8.47. The van der Waals surface area contributed by atoms with E-state index < -0.39 is 0 Å². The van der Waals surface area contributed by atoms with Gasteiger partial charge in [0.2, 0.25) is 0 Å². The number of amides is 1. The molecule has 6 heteroatoms. The van der Waals surface area contributed by atoms with Crippen molar-refractivity contribution in [3.8, 4) is 17.2 Å². The van der Waals surface area contributed by atoms with Crippen LogP contribution in [0.2, 0.25) is 5.02 Å². The Balaban J connectivity index is 1.44. The lowest BCUT2D eigenvalue weighted by Crippen LogP contribution is -2.45. The summed E-state index contributed by atoms with van der Waals surface area (Å²) >= 11 is 6.60. The van der Waals surface area contributed by atoms with Gasteiger partial charge in [0.05, 0.1) is 28.4 Å². The van der Waals surface area contributed by atoms with E-state index in [9.17, 15) is 10.1 Å². The number of aromatic amines is 1. The number of halogens is 1. The van der Waals surface area contributed by atoms with Crippen LogP contribution in [0.3, 0.4) is 0 Å². The molecule has 1 heterocycles. The number of hydrogen-bond donors (Lipinski definition) is 1. The first-order valence-electron chi connectivity index (χ1n) is 10.3. The fourth-order valence-electron chi connectivity index (χ4n) is 4.44. The molecule has 1 atom stereocenters. The molecule has 150 valence electrons. The summed E-state index contributed by atoms with van der Waals surface area (Å²) in [6, 6.07) is 15.6. The van der Waals surface area contributed by atoms with Crippen LogP contribution < -0.4 is 0 Å². The van der Waals surface area contributed by atoms with Crippen LogP contribution in [0.5, 0.6) is 0 Å². The first kappa shape index (κ1) is 18.9. The standard InChI is InChI=1S/C24H21ClN4O/c25-22-12-15(20-4-2-1-3-16(20)13-26)5-9-21(22)24(30)29(18-6-7-18)19-8-10-23-17(11-19)14-27-28-23/h1-5,9,12,14,18-19H,6-8,10-11H2,(H,27,28). The molecule has 0 aliphatic heterocycles. The Labute approximate surface area is 180 Å². The quantitative estimate of drug-likeness (QED) is 0.666. The van der Waals surface area contributed by atoms with Crippen molar-refractivity contribution in [3.05, 3.63) is 76.1 Å². The molecule has 1 fully saturated rings. The van der Waals surface area contributed by atoms with Gasteiger partial charge in [0.15, 0.2) is 0 Å². The van der Waals surface area contributed by atoms with E-state index in [0.717, 1.165) is 43.2 Å². The smallest absolute Gasteiger partial charge is 0.255 e. The molecule has 0 radical (unpaired) electrons. The highest BCUT2D eigenvalue weighted by molar-refractivity contribution is 6.34. The summed E-state index contributed by atoms with van der Waals surface area (Å²) in [6.07, 6.45) is 6.65. The van der Waals surface area contributed by atoms with Gasteiger partial charge >= 0.3 is 0 Å². The third kappa shape index (κ3) is 3.38. The van der Waals surface area contributed by atoms with Gasteiger partial charge in [0.25, 0.3) is 5.91 Å². The zero-order valence-electron chi connectivity index (χ0n) is 16.4. The van der Waals surface area contributed by atoms with Gasteiger partial charge in [-0.1, -0.05) is 35.9 Å². The van der Waals surface area contributed by atoms with E-state index in [0.29, 0.717) is 22.2 Å². The molecule has 30 heavy (non-hydrogen) atoms. The number of nitrogens with zero attached hydrogens (tertiary/aromatic N) is 3. The zero-order valence-corrected chi connectivity index (χ0v) is 17.2. The predicted octanol–water partition coefficient (Wildman–Crippen LogP) is 4.76. The third-order valence-electron chi connectivity index (χ3n) is 6.12. The van der Waals surface area contributed by atoms with Gasteiger partial charge in [-0.25, -0.2) is 0 Å². The molecule has 0 bridgehead atoms. The molecular weight excluding hydrogens is 396 g/mol. The Morgan fingerprint density at radius 1 is 1.17 bits per heavy atom. The number of carbonyl (C=O) groups is 1. The Kier molecular flexibility index (Phi) is 4.80. The van der Waals surface area contributed by atoms with Crippen LogP contribution in [0.4, 0.5) is 0 Å². The van der Waals surface area contributed by atoms with Crippen molar-refractivity contribution >= 4 is 17.5 Å². The monoisotopic (exact) mass is 416 g/mol. The number of aromatic nitrogens is 2. The number of rotatable bonds is 4. The highest BCUT2D eigenvalue weighted by atomic mass is 35.5. The summed E-state index contributed by atoms with van der Waals surface area (Å²) < 4.78 is 0. The summed E-state index contributed by atoms with van der Waals surface area (Å²) in [5, 5.41) is 17.0. The molecule has 1 unspecified atom stereocenters. The van der Waals surface area contributed by atoms with Gasteiger partial charge in [-0.2, -0.15) is 10.4 Å². The second-order valence-electron chi connectivity index (χ2n) is 8.07. The van der Waals surface area contributed by atoms with Crippen LogP contribution in [-0.4, -0.2) is 33.1 Å². The minimum atomic E-state index is -0.000404. The molecule has 1 N–H and O–H groups in total. The number of nitrogens with one attached hydrogen (secondary N) is 1. The van der Waals surface area contributed by atoms with Gasteiger partial charge in [-0.3, -0.25) is 9.89 Å². The van der Waals surface area contributed by atoms with E-state index in [4.69, 9.17) is 11.6 Å². The lowest BCUT2D eigenvalue weighted by molar-refractivity contribution is 0.0643. The molecule has 1 aromatic heterocycles. The molecule has 5 rings (SSSR count). The van der Waals surface area contributed by atoms with Gasteiger partial charge in [-0.15, -0.1) is 0 Å². The normalized spacial score (nSPS) is 17.8. The topological polar surface area (TPSA) is 72.8 Å². The Hall–Kier alpha value is -3.10. The third-order valence-corrected chi connectivity index (χ3v) is 6.43. The molecule has 5 nitrogen and oxygen atoms in total. The van der Waals surface area contributed by atoms with Crippen LogP contribution in [0, 0.1) is 11.3 Å². The van der Waals surface area contributed by atoms with Gasteiger partial charge < -0.3 is 4.90 Å². The number of carbonyl (C=O) groups excluding carboxylic acids is 1. The van der Waals surface area contributed by atoms with E-state index in [1.807, 2.05) is 30.5 Å². The average molecular weight is 417 g/mol. The Morgan fingerprint density at radius 3 is 2.77 bits per heavy atom. The molecule has 0 saturated heterocycles. The van der Waals surface area contributed by atoms with Crippen LogP contribution in [-0.2, 0) is 12.8 Å². The number of nitriles is 1. The number of hydrogen-bond acceptors (Lipinski definition) is 3. The fraction of sp³-hybridized carbons (Fsp3) is 0.292. The molecule has 2 aliphatic carbocycles. The van der Waals surface area contributed by atoms with Crippen LogP contribution in [0.25, 0.3) is 11.1 Å². The first-order chi connectivity index (χ1) is 14.7. The minimum Gasteiger partial charge on any atom is -0.332 e. The molecule has 3 aromatic rings. The van der Waals surface area contributed by atoms with Gasteiger partial charge in [0, 0.05) is 17.8 Å². The lowest BCUT2D eigenvalue weighted by Gasteiger charge is -2.34. The van der Waals surface area contributed by atoms with E-state index in [1.165, 1.54) is 11.3 Å². The molecule has 0 spiro atoms. The van der Waals surface area contributed by atoms with E-state index in [2.05, 4.69) is 21.2 Å². The van der Waals surface area contributed by atoms with E-state index in [-0.39, 0.29) is 11.9 Å². The van der Waals surface area contributed by atoms with Crippen molar-refractivity contribution in [2.75, 3.05) is 0 Å². The molecule has 2 aliphatic rings. The molecule has 1 amide bonds. The highest BCUT2D eigenvalue weighted by Gasteiger charge is 2.39. The maximum absolute atomic E-state index is 13.5. The highest BCUT2D eigenvalue weighted by Crippen LogP contribution is 2.36. The molecule has 1 saturated carbocycles. The summed E-state index contributed by atoms with van der Waals surface area (Å²) in [4.78, 5) is 15.6. The van der Waals surface area contributed by atoms with E-state index >= 15 is 0 Å². The molecular formula is C24H21ClN4O. The van der Waals surface area contributed by atoms with Crippen molar-refractivity contribution in [3.63, 3.8) is 0 Å². The fourth-order valence-corrected chi connectivity index (χ4v) is 4.71. The maximum Gasteiger partial charge on any atom is 0.255 e.